The molecule has 1 amide bonds. The lowest BCUT2D eigenvalue weighted by molar-refractivity contribution is -0.0810. The highest BCUT2D eigenvalue weighted by atomic mass is 16.3. The lowest BCUT2D eigenvalue weighted by Crippen LogP contribution is -2.60. The second-order valence-corrected chi connectivity index (χ2v) is 7.19. The van der Waals surface area contributed by atoms with E-state index in [0.717, 1.165) is 5.56 Å². The maximum atomic E-state index is 13.1. The van der Waals surface area contributed by atoms with Crippen LogP contribution >= 0.6 is 0 Å². The van der Waals surface area contributed by atoms with Gasteiger partial charge in [-0.25, -0.2) is 9.97 Å². The number of piperidine rings is 1. The van der Waals surface area contributed by atoms with Crippen molar-refractivity contribution in [1.82, 2.24) is 19.8 Å². The molecule has 0 aliphatic carbocycles. The first-order valence-corrected chi connectivity index (χ1v) is 8.86. The Balaban J connectivity index is 1.90. The summed E-state index contributed by atoms with van der Waals surface area (Å²) in [5.74, 6) is -0.0671. The maximum absolute atomic E-state index is 13.1. The summed E-state index contributed by atoms with van der Waals surface area (Å²) in [7, 11) is 3.88. The van der Waals surface area contributed by atoms with Crippen molar-refractivity contribution in [2.45, 2.75) is 31.9 Å². The fraction of sp³-hybridized carbons (Fsp3) is 0.450. The summed E-state index contributed by atoms with van der Waals surface area (Å²) in [6.45, 7) is 4.60. The number of nitrogens with zero attached hydrogens (tertiary/aromatic N) is 4. The first-order valence-electron chi connectivity index (χ1n) is 8.86. The van der Waals surface area contributed by atoms with Crippen LogP contribution in [-0.4, -0.2) is 64.0 Å². The van der Waals surface area contributed by atoms with Crippen LogP contribution in [0.15, 0.2) is 36.7 Å². The van der Waals surface area contributed by atoms with Gasteiger partial charge in [-0.15, -0.1) is 0 Å². The molecule has 0 bridgehead atoms. The molecule has 6 heteroatoms. The molecule has 0 spiro atoms. The summed E-state index contributed by atoms with van der Waals surface area (Å²) >= 11 is 0. The molecule has 26 heavy (non-hydrogen) atoms. The monoisotopic (exact) mass is 354 g/mol. The summed E-state index contributed by atoms with van der Waals surface area (Å²) in [5.41, 5.74) is 1.84. The summed E-state index contributed by atoms with van der Waals surface area (Å²) in [6.07, 6.45) is 1.96. The number of aryl methyl sites for hydroxylation is 2. The number of hydrogen-bond acceptors (Lipinski definition) is 5. The van der Waals surface area contributed by atoms with Crippen molar-refractivity contribution in [3.8, 4) is 0 Å². The molecule has 6 nitrogen and oxygen atoms in total. The summed E-state index contributed by atoms with van der Waals surface area (Å²) in [5, 5.41) is 11.4. The van der Waals surface area contributed by atoms with Crippen LogP contribution in [0.2, 0.25) is 0 Å². The van der Waals surface area contributed by atoms with Crippen molar-refractivity contribution in [3.63, 3.8) is 0 Å². The minimum absolute atomic E-state index is 0.0671. The molecule has 0 radical (unpaired) electrons. The Morgan fingerprint density at radius 1 is 1.19 bits per heavy atom. The molecule has 2 aromatic rings. The Bertz CT molecular complexity index is 773. The molecule has 3 rings (SSSR count). The van der Waals surface area contributed by atoms with Crippen LogP contribution in [0.1, 0.15) is 33.7 Å². The van der Waals surface area contributed by atoms with E-state index < -0.39 is 5.60 Å². The average molecular weight is 354 g/mol. The van der Waals surface area contributed by atoms with Crippen molar-refractivity contribution in [2.24, 2.45) is 0 Å². The van der Waals surface area contributed by atoms with Crippen LogP contribution in [0.25, 0.3) is 0 Å². The Labute approximate surface area is 154 Å². The predicted octanol–water partition coefficient (Wildman–Crippen LogP) is 1.76. The molecule has 1 saturated heterocycles. The number of aliphatic hydroxyl groups is 1. The number of aromatic nitrogens is 2. The van der Waals surface area contributed by atoms with Crippen molar-refractivity contribution in [3.05, 3.63) is 59.2 Å². The largest absolute Gasteiger partial charge is 0.383 e. The van der Waals surface area contributed by atoms with Crippen LogP contribution in [0.5, 0.6) is 0 Å². The van der Waals surface area contributed by atoms with Gasteiger partial charge in [-0.2, -0.15) is 0 Å². The molecule has 1 aliphatic heterocycles. The summed E-state index contributed by atoms with van der Waals surface area (Å²) in [6, 6.07) is 9.52. The number of carbonyl (C=O) groups is 1. The van der Waals surface area contributed by atoms with Crippen molar-refractivity contribution < 1.29 is 9.90 Å². The molecular weight excluding hydrogens is 328 g/mol. The predicted molar refractivity (Wildman–Crippen MR) is 99.8 cm³/mol. The molecule has 2 atom stereocenters. The summed E-state index contributed by atoms with van der Waals surface area (Å²) < 4.78 is 0. The van der Waals surface area contributed by atoms with Gasteiger partial charge in [0.15, 0.2) is 0 Å². The molecule has 1 N–H and O–H groups in total. The average Bonchev–Trinajstić information content (AvgIpc) is 2.62. The second-order valence-electron chi connectivity index (χ2n) is 7.19. The number of likely N-dealkylation sites (N-methyl/N-ethyl adjacent to an activating group) is 1. The zero-order valence-corrected chi connectivity index (χ0v) is 15.8. The first-order chi connectivity index (χ1) is 12.3. The van der Waals surface area contributed by atoms with Gasteiger partial charge in [0.2, 0.25) is 0 Å². The molecule has 138 valence electrons. The van der Waals surface area contributed by atoms with Crippen LogP contribution in [-0.2, 0) is 5.60 Å². The van der Waals surface area contributed by atoms with E-state index in [-0.39, 0.29) is 11.9 Å². The first kappa shape index (κ1) is 18.5. The molecular formula is C20H26N4O2. The Morgan fingerprint density at radius 2 is 1.81 bits per heavy atom. The lowest BCUT2D eigenvalue weighted by atomic mass is 9.79. The highest BCUT2D eigenvalue weighted by Crippen LogP contribution is 2.35. The van der Waals surface area contributed by atoms with Gasteiger partial charge in [0.25, 0.3) is 5.91 Å². The number of carbonyl (C=O) groups excluding carboxylic acids is 1. The molecule has 1 aromatic carbocycles. The topological polar surface area (TPSA) is 69.6 Å². The third-order valence-electron chi connectivity index (χ3n) is 5.33. The normalized spacial score (nSPS) is 23.3. The maximum Gasteiger partial charge on any atom is 0.257 e. The number of hydrogen-bond donors (Lipinski definition) is 1. The van der Waals surface area contributed by atoms with Crippen LogP contribution in [0, 0.1) is 13.8 Å². The Kier molecular flexibility index (Phi) is 5.07. The van der Waals surface area contributed by atoms with Gasteiger partial charge >= 0.3 is 0 Å². The third kappa shape index (κ3) is 3.22. The zero-order chi connectivity index (χ0) is 18.9. The van der Waals surface area contributed by atoms with Crippen LogP contribution in [0.4, 0.5) is 0 Å². The van der Waals surface area contributed by atoms with Gasteiger partial charge in [0.1, 0.15) is 11.9 Å². The van der Waals surface area contributed by atoms with Crippen molar-refractivity contribution >= 4 is 5.91 Å². The van der Waals surface area contributed by atoms with Gasteiger partial charge < -0.3 is 14.9 Å². The molecule has 1 aliphatic rings. The van der Waals surface area contributed by atoms with Crippen LogP contribution < -0.4 is 0 Å². The SMILES string of the molecule is Cc1ncnc(C)c1C(=O)N1CC[C@](O)(c2ccccc2)[C@H](N(C)C)C1. The lowest BCUT2D eigenvalue weighted by Gasteiger charge is -2.47. The van der Waals surface area contributed by atoms with Gasteiger partial charge in [-0.1, -0.05) is 30.3 Å². The van der Waals surface area contributed by atoms with Gasteiger partial charge in [-0.3, -0.25) is 4.79 Å². The quantitative estimate of drug-likeness (QED) is 0.909. The van der Waals surface area contributed by atoms with E-state index in [0.29, 0.717) is 36.5 Å². The highest BCUT2D eigenvalue weighted by molar-refractivity contribution is 5.96. The Hall–Kier alpha value is -2.31. The number of amides is 1. The highest BCUT2D eigenvalue weighted by Gasteiger charge is 2.45. The van der Waals surface area contributed by atoms with E-state index in [9.17, 15) is 9.90 Å². The standard InChI is InChI=1S/C20H26N4O2/c1-14-18(15(2)22-13-21-14)19(25)24-11-10-20(26,17(12-24)23(3)4)16-8-6-5-7-9-16/h5-9,13,17,26H,10-12H2,1-4H3/t17-,20+/m1/s1. The van der Waals surface area contributed by atoms with Gasteiger partial charge in [0, 0.05) is 13.1 Å². The fourth-order valence-corrected chi connectivity index (χ4v) is 3.82. The van der Waals surface area contributed by atoms with Gasteiger partial charge in [-0.05, 0) is 39.9 Å². The number of rotatable bonds is 3. The van der Waals surface area contributed by atoms with Crippen molar-refractivity contribution in [2.75, 3.05) is 27.2 Å². The van der Waals surface area contributed by atoms with E-state index in [4.69, 9.17) is 0 Å². The van der Waals surface area contributed by atoms with E-state index in [1.54, 1.807) is 4.90 Å². The minimum atomic E-state index is -0.987. The molecule has 0 unspecified atom stereocenters. The van der Waals surface area contributed by atoms with E-state index in [1.807, 2.05) is 63.2 Å². The van der Waals surface area contributed by atoms with E-state index >= 15 is 0 Å². The number of likely N-dealkylation sites (tertiary alicyclic amines) is 1. The van der Waals surface area contributed by atoms with Crippen LogP contribution in [0.3, 0.4) is 0 Å². The van der Waals surface area contributed by atoms with E-state index in [1.165, 1.54) is 6.33 Å². The Morgan fingerprint density at radius 3 is 2.38 bits per heavy atom. The molecule has 2 heterocycles. The molecule has 1 aromatic heterocycles. The minimum Gasteiger partial charge on any atom is -0.383 e. The van der Waals surface area contributed by atoms with Crippen molar-refractivity contribution in [1.29, 1.82) is 0 Å². The third-order valence-corrected chi connectivity index (χ3v) is 5.33. The van der Waals surface area contributed by atoms with Gasteiger partial charge in [0.05, 0.1) is 23.0 Å². The molecule has 0 saturated carbocycles. The fourth-order valence-electron chi connectivity index (χ4n) is 3.82. The zero-order valence-electron chi connectivity index (χ0n) is 15.8. The second kappa shape index (κ2) is 7.13. The summed E-state index contributed by atoms with van der Waals surface area (Å²) in [4.78, 5) is 25.2. The number of benzene rings is 1. The smallest absolute Gasteiger partial charge is 0.257 e. The van der Waals surface area contributed by atoms with E-state index in [2.05, 4.69) is 9.97 Å². The molecule has 1 fully saturated rings.